The van der Waals surface area contributed by atoms with E-state index in [1.54, 1.807) is 11.1 Å². The SMILES string of the molecule is Cc1csc2c(C(=O)N3CC(N)C3)nc(N[C@@H](C)c3cncc(F)c3)nc12. The number of anilines is 1. The molecule has 3 N–H and O–H groups in total. The lowest BCUT2D eigenvalue weighted by atomic mass is 10.1. The van der Waals surface area contributed by atoms with Crippen molar-refractivity contribution in [2.45, 2.75) is 25.9 Å². The third-order valence-corrected chi connectivity index (χ3v) is 5.66. The number of nitrogens with one attached hydrogen (secondary N) is 1. The first-order chi connectivity index (χ1) is 12.9. The molecule has 27 heavy (non-hydrogen) atoms. The van der Waals surface area contributed by atoms with Crippen LogP contribution in [0.1, 0.15) is 34.6 Å². The lowest BCUT2D eigenvalue weighted by Crippen LogP contribution is -2.58. The lowest BCUT2D eigenvalue weighted by Gasteiger charge is -2.36. The second-order valence-electron chi connectivity index (χ2n) is 6.76. The zero-order valence-corrected chi connectivity index (χ0v) is 15.8. The number of halogens is 1. The minimum absolute atomic E-state index is 0.0226. The van der Waals surface area contributed by atoms with E-state index in [-0.39, 0.29) is 18.0 Å². The van der Waals surface area contributed by atoms with Crippen molar-refractivity contribution in [2.24, 2.45) is 5.73 Å². The Morgan fingerprint density at radius 1 is 1.41 bits per heavy atom. The van der Waals surface area contributed by atoms with Gasteiger partial charge in [0.2, 0.25) is 5.95 Å². The molecular weight excluding hydrogens is 367 g/mol. The molecule has 3 aromatic heterocycles. The summed E-state index contributed by atoms with van der Waals surface area (Å²) in [6, 6.07) is 1.16. The molecule has 0 bridgehead atoms. The molecule has 4 heterocycles. The summed E-state index contributed by atoms with van der Waals surface area (Å²) in [6.07, 6.45) is 2.74. The van der Waals surface area contributed by atoms with Crippen molar-refractivity contribution in [3.8, 4) is 0 Å². The van der Waals surface area contributed by atoms with E-state index in [4.69, 9.17) is 5.73 Å². The number of carbonyl (C=O) groups excluding carboxylic acids is 1. The van der Waals surface area contributed by atoms with Crippen LogP contribution in [-0.4, -0.2) is 44.9 Å². The number of aromatic nitrogens is 3. The van der Waals surface area contributed by atoms with Crippen molar-refractivity contribution in [3.05, 3.63) is 46.5 Å². The maximum absolute atomic E-state index is 13.4. The lowest BCUT2D eigenvalue weighted by molar-refractivity contribution is 0.0604. The Morgan fingerprint density at radius 2 is 2.19 bits per heavy atom. The maximum atomic E-state index is 13.4. The second kappa shape index (κ2) is 6.82. The van der Waals surface area contributed by atoms with Gasteiger partial charge in [0.1, 0.15) is 5.82 Å². The quantitative estimate of drug-likeness (QED) is 0.715. The predicted octanol–water partition coefficient (Wildman–Crippen LogP) is 2.49. The van der Waals surface area contributed by atoms with E-state index >= 15 is 0 Å². The topological polar surface area (TPSA) is 97.0 Å². The van der Waals surface area contributed by atoms with E-state index in [1.807, 2.05) is 19.2 Å². The average Bonchev–Trinajstić information content (AvgIpc) is 2.99. The van der Waals surface area contributed by atoms with Crippen molar-refractivity contribution >= 4 is 33.4 Å². The Hall–Kier alpha value is -2.65. The molecule has 0 spiro atoms. The molecule has 1 aliphatic rings. The minimum atomic E-state index is -0.406. The van der Waals surface area contributed by atoms with Crippen LogP contribution in [0, 0.1) is 12.7 Å². The highest BCUT2D eigenvalue weighted by atomic mass is 32.1. The first kappa shape index (κ1) is 17.7. The summed E-state index contributed by atoms with van der Waals surface area (Å²) in [5.74, 6) is -0.223. The largest absolute Gasteiger partial charge is 0.348 e. The van der Waals surface area contributed by atoms with Gasteiger partial charge in [0.25, 0.3) is 5.91 Å². The van der Waals surface area contributed by atoms with E-state index in [9.17, 15) is 9.18 Å². The number of fused-ring (bicyclic) bond motifs is 1. The van der Waals surface area contributed by atoms with E-state index in [0.29, 0.717) is 30.3 Å². The maximum Gasteiger partial charge on any atom is 0.274 e. The fourth-order valence-corrected chi connectivity index (χ4v) is 3.98. The van der Waals surface area contributed by atoms with Gasteiger partial charge in [-0.1, -0.05) is 0 Å². The number of aryl methyl sites for hydroxylation is 1. The summed E-state index contributed by atoms with van der Waals surface area (Å²) in [5.41, 5.74) is 8.57. The summed E-state index contributed by atoms with van der Waals surface area (Å²) in [5, 5.41) is 5.11. The number of nitrogens with zero attached hydrogens (tertiary/aromatic N) is 4. The summed E-state index contributed by atoms with van der Waals surface area (Å²) in [4.78, 5) is 27.4. The molecule has 0 aromatic carbocycles. The van der Waals surface area contributed by atoms with Crippen LogP contribution in [0.3, 0.4) is 0 Å². The van der Waals surface area contributed by atoms with Gasteiger partial charge in [-0.25, -0.2) is 14.4 Å². The van der Waals surface area contributed by atoms with Gasteiger partial charge in [-0.2, -0.15) is 0 Å². The van der Waals surface area contributed by atoms with Gasteiger partial charge in [-0.15, -0.1) is 11.3 Å². The Labute approximate surface area is 159 Å². The van der Waals surface area contributed by atoms with Gasteiger partial charge < -0.3 is 16.0 Å². The van der Waals surface area contributed by atoms with Gasteiger partial charge in [0.05, 0.1) is 22.5 Å². The third kappa shape index (κ3) is 3.35. The Morgan fingerprint density at radius 3 is 2.89 bits per heavy atom. The molecule has 1 saturated heterocycles. The zero-order chi connectivity index (χ0) is 19.1. The monoisotopic (exact) mass is 386 g/mol. The summed E-state index contributed by atoms with van der Waals surface area (Å²) in [6.45, 7) is 4.87. The second-order valence-corrected chi connectivity index (χ2v) is 7.64. The van der Waals surface area contributed by atoms with Crippen molar-refractivity contribution in [1.82, 2.24) is 19.9 Å². The number of rotatable bonds is 4. The first-order valence-corrected chi connectivity index (χ1v) is 9.48. The number of likely N-dealkylation sites (tertiary alicyclic amines) is 1. The fourth-order valence-electron chi connectivity index (χ4n) is 3.01. The van der Waals surface area contributed by atoms with Crippen molar-refractivity contribution < 1.29 is 9.18 Å². The van der Waals surface area contributed by atoms with Gasteiger partial charge in [0, 0.05) is 25.3 Å². The highest BCUT2D eigenvalue weighted by molar-refractivity contribution is 7.17. The van der Waals surface area contributed by atoms with Gasteiger partial charge in [-0.05, 0) is 36.4 Å². The predicted molar refractivity (Wildman–Crippen MR) is 102 cm³/mol. The minimum Gasteiger partial charge on any atom is -0.348 e. The van der Waals surface area contributed by atoms with E-state index in [2.05, 4.69) is 20.3 Å². The smallest absolute Gasteiger partial charge is 0.274 e. The number of pyridine rings is 1. The summed E-state index contributed by atoms with van der Waals surface area (Å²) >= 11 is 1.46. The van der Waals surface area contributed by atoms with Gasteiger partial charge in [-0.3, -0.25) is 9.78 Å². The van der Waals surface area contributed by atoms with Crippen LogP contribution >= 0.6 is 11.3 Å². The summed E-state index contributed by atoms with van der Waals surface area (Å²) in [7, 11) is 0. The Kier molecular flexibility index (Phi) is 4.48. The Balaban J connectivity index is 1.68. The normalized spacial score (nSPS) is 15.6. The molecule has 0 unspecified atom stereocenters. The first-order valence-electron chi connectivity index (χ1n) is 8.60. The molecule has 1 amide bonds. The van der Waals surface area contributed by atoms with Crippen molar-refractivity contribution in [3.63, 3.8) is 0 Å². The molecule has 0 aliphatic carbocycles. The molecule has 7 nitrogen and oxygen atoms in total. The van der Waals surface area contributed by atoms with E-state index < -0.39 is 5.82 Å². The van der Waals surface area contributed by atoms with Crippen LogP contribution in [0.25, 0.3) is 10.2 Å². The number of carbonyl (C=O) groups is 1. The molecule has 9 heteroatoms. The highest BCUT2D eigenvalue weighted by Gasteiger charge is 2.31. The van der Waals surface area contributed by atoms with Crippen LogP contribution < -0.4 is 11.1 Å². The van der Waals surface area contributed by atoms with Crippen LogP contribution in [-0.2, 0) is 0 Å². The molecule has 4 rings (SSSR count). The number of nitrogens with two attached hydrogens (primary N) is 1. The molecule has 1 atom stereocenters. The van der Waals surface area contributed by atoms with Gasteiger partial charge >= 0.3 is 0 Å². The van der Waals surface area contributed by atoms with Crippen molar-refractivity contribution in [2.75, 3.05) is 18.4 Å². The number of amides is 1. The molecule has 140 valence electrons. The third-order valence-electron chi connectivity index (χ3n) is 4.56. The molecular formula is C18H19FN6OS. The van der Waals surface area contributed by atoms with Crippen LogP contribution in [0.15, 0.2) is 23.8 Å². The molecule has 3 aromatic rings. The van der Waals surface area contributed by atoms with Crippen LogP contribution in [0.2, 0.25) is 0 Å². The van der Waals surface area contributed by atoms with Gasteiger partial charge in [0.15, 0.2) is 5.69 Å². The van der Waals surface area contributed by atoms with Crippen LogP contribution in [0.5, 0.6) is 0 Å². The zero-order valence-electron chi connectivity index (χ0n) is 14.9. The molecule has 1 fully saturated rings. The van der Waals surface area contributed by atoms with E-state index in [1.165, 1.54) is 17.4 Å². The number of hydrogen-bond donors (Lipinski definition) is 2. The Bertz CT molecular complexity index is 1020. The molecule has 0 saturated carbocycles. The number of thiophene rings is 1. The average molecular weight is 386 g/mol. The van der Waals surface area contributed by atoms with Crippen LogP contribution in [0.4, 0.5) is 10.3 Å². The molecule has 0 radical (unpaired) electrons. The summed E-state index contributed by atoms with van der Waals surface area (Å²) < 4.78 is 14.2. The van der Waals surface area contributed by atoms with Crippen molar-refractivity contribution in [1.29, 1.82) is 0 Å². The fraction of sp³-hybridized carbons (Fsp3) is 0.333. The van der Waals surface area contributed by atoms with E-state index in [0.717, 1.165) is 22.0 Å². The number of hydrogen-bond acceptors (Lipinski definition) is 7. The molecule has 1 aliphatic heterocycles. The highest BCUT2D eigenvalue weighted by Crippen LogP contribution is 2.30. The standard InChI is InChI=1S/C18H19FN6OS/c1-9-8-27-16-14(9)23-18(22-10(2)11-3-12(19)5-21-4-11)24-15(16)17(26)25-6-13(20)7-25/h3-5,8,10,13H,6-7,20H2,1-2H3,(H,22,23,24)/t10-/m0/s1.